The van der Waals surface area contributed by atoms with E-state index in [0.717, 1.165) is 25.0 Å². The Bertz CT molecular complexity index is 529. The molecule has 0 heterocycles. The standard InChI is InChI=1S/C15H19ClN2O2/c1-10-4-3-5-12(8-10)17-18-15(19)13-9-11(16)6-7-14(13)20-2/h6-7,9-10H,3-5,8H2,1-2H3,(H,18,19)/b17-12+. The maximum absolute atomic E-state index is 12.1. The van der Waals surface area contributed by atoms with Gasteiger partial charge in [0.05, 0.1) is 12.7 Å². The van der Waals surface area contributed by atoms with Crippen LogP contribution in [0.2, 0.25) is 5.02 Å². The summed E-state index contributed by atoms with van der Waals surface area (Å²) in [5.41, 5.74) is 4.05. The highest BCUT2D eigenvalue weighted by Gasteiger charge is 2.16. The number of carbonyl (C=O) groups is 1. The molecule has 1 aliphatic rings. The summed E-state index contributed by atoms with van der Waals surface area (Å²) in [5, 5.41) is 4.73. The minimum Gasteiger partial charge on any atom is -0.496 e. The first-order valence-electron chi connectivity index (χ1n) is 6.79. The van der Waals surface area contributed by atoms with E-state index in [9.17, 15) is 4.79 Å². The zero-order valence-electron chi connectivity index (χ0n) is 11.8. The maximum Gasteiger partial charge on any atom is 0.275 e. The van der Waals surface area contributed by atoms with Crippen LogP contribution in [-0.2, 0) is 0 Å². The fraction of sp³-hybridized carbons (Fsp3) is 0.467. The number of nitrogens with zero attached hydrogens (tertiary/aromatic N) is 1. The van der Waals surface area contributed by atoms with Crippen molar-refractivity contribution in [1.29, 1.82) is 0 Å². The van der Waals surface area contributed by atoms with Crippen molar-refractivity contribution in [3.63, 3.8) is 0 Å². The normalized spacial score (nSPS) is 20.8. The number of benzene rings is 1. The molecule has 0 radical (unpaired) electrons. The molecular weight excluding hydrogens is 276 g/mol. The summed E-state index contributed by atoms with van der Waals surface area (Å²) in [6.07, 6.45) is 4.27. The smallest absolute Gasteiger partial charge is 0.275 e. The van der Waals surface area contributed by atoms with E-state index >= 15 is 0 Å². The first-order chi connectivity index (χ1) is 9.60. The fourth-order valence-corrected chi connectivity index (χ4v) is 2.58. The van der Waals surface area contributed by atoms with Gasteiger partial charge in [0.25, 0.3) is 5.91 Å². The first kappa shape index (κ1) is 14.9. The molecule has 0 saturated heterocycles. The molecule has 4 nitrogen and oxygen atoms in total. The van der Waals surface area contributed by atoms with Crippen molar-refractivity contribution in [2.24, 2.45) is 11.0 Å². The summed E-state index contributed by atoms with van der Waals surface area (Å²) in [4.78, 5) is 12.1. The quantitative estimate of drug-likeness (QED) is 0.865. The number of methoxy groups -OCH3 is 1. The number of amides is 1. The number of hydrazone groups is 1. The van der Waals surface area contributed by atoms with Crippen molar-refractivity contribution in [3.8, 4) is 5.75 Å². The topological polar surface area (TPSA) is 50.7 Å². The Morgan fingerprint density at radius 3 is 3.00 bits per heavy atom. The van der Waals surface area contributed by atoms with Gasteiger partial charge in [-0.15, -0.1) is 0 Å². The van der Waals surface area contributed by atoms with E-state index in [1.165, 1.54) is 13.5 Å². The van der Waals surface area contributed by atoms with Crippen molar-refractivity contribution >= 4 is 23.2 Å². The molecule has 0 bridgehead atoms. The van der Waals surface area contributed by atoms with Crippen LogP contribution in [0, 0.1) is 5.92 Å². The van der Waals surface area contributed by atoms with E-state index in [4.69, 9.17) is 16.3 Å². The predicted molar refractivity (Wildman–Crippen MR) is 80.5 cm³/mol. The third-order valence-corrected chi connectivity index (χ3v) is 3.70. The summed E-state index contributed by atoms with van der Waals surface area (Å²) >= 11 is 5.91. The van der Waals surface area contributed by atoms with Gasteiger partial charge >= 0.3 is 0 Å². The van der Waals surface area contributed by atoms with E-state index in [-0.39, 0.29) is 5.91 Å². The van der Waals surface area contributed by atoms with Crippen molar-refractivity contribution in [2.75, 3.05) is 7.11 Å². The van der Waals surface area contributed by atoms with Crippen LogP contribution in [0.25, 0.3) is 0 Å². The summed E-state index contributed by atoms with van der Waals surface area (Å²) in [7, 11) is 1.52. The average molecular weight is 295 g/mol. The van der Waals surface area contributed by atoms with Crippen molar-refractivity contribution in [3.05, 3.63) is 28.8 Å². The maximum atomic E-state index is 12.1. The average Bonchev–Trinajstić information content (AvgIpc) is 2.45. The second kappa shape index (κ2) is 6.75. The van der Waals surface area contributed by atoms with Gasteiger partial charge in [-0.05, 0) is 49.8 Å². The molecule has 2 rings (SSSR count). The molecule has 1 saturated carbocycles. The van der Waals surface area contributed by atoms with Gasteiger partial charge < -0.3 is 4.74 Å². The first-order valence-corrected chi connectivity index (χ1v) is 7.17. The van der Waals surface area contributed by atoms with Crippen molar-refractivity contribution in [1.82, 2.24) is 5.43 Å². The summed E-state index contributed by atoms with van der Waals surface area (Å²) in [5.74, 6) is 0.833. The molecule has 20 heavy (non-hydrogen) atoms. The van der Waals surface area contributed by atoms with Crippen molar-refractivity contribution in [2.45, 2.75) is 32.6 Å². The molecule has 1 aliphatic carbocycles. The van der Waals surface area contributed by atoms with Gasteiger partial charge in [-0.2, -0.15) is 5.10 Å². The van der Waals surface area contributed by atoms with Crippen LogP contribution >= 0.6 is 11.6 Å². The third kappa shape index (κ3) is 3.73. The molecule has 1 aromatic carbocycles. The highest BCUT2D eigenvalue weighted by atomic mass is 35.5. The summed E-state index contributed by atoms with van der Waals surface area (Å²) in [6, 6.07) is 4.94. The number of hydrogen-bond acceptors (Lipinski definition) is 3. The molecule has 108 valence electrons. The Balaban J connectivity index is 2.08. The van der Waals surface area contributed by atoms with E-state index in [1.807, 2.05) is 0 Å². The number of halogens is 1. The predicted octanol–water partition coefficient (Wildman–Crippen LogP) is 3.64. The highest BCUT2D eigenvalue weighted by Crippen LogP contribution is 2.23. The second-order valence-electron chi connectivity index (χ2n) is 5.17. The molecule has 5 heteroatoms. The molecule has 1 N–H and O–H groups in total. The Morgan fingerprint density at radius 1 is 1.50 bits per heavy atom. The third-order valence-electron chi connectivity index (χ3n) is 3.47. The van der Waals surface area contributed by atoms with E-state index in [1.54, 1.807) is 18.2 Å². The minimum absolute atomic E-state index is 0.296. The van der Waals surface area contributed by atoms with E-state index in [2.05, 4.69) is 17.5 Å². The molecule has 1 fully saturated rings. The van der Waals surface area contributed by atoms with Gasteiger partial charge in [0.15, 0.2) is 0 Å². The van der Waals surface area contributed by atoms with Crippen LogP contribution in [0.1, 0.15) is 43.0 Å². The second-order valence-corrected chi connectivity index (χ2v) is 5.60. The van der Waals surface area contributed by atoms with Gasteiger partial charge in [0, 0.05) is 10.7 Å². The zero-order chi connectivity index (χ0) is 14.5. The Morgan fingerprint density at radius 2 is 2.30 bits per heavy atom. The zero-order valence-corrected chi connectivity index (χ0v) is 12.5. The number of hydrogen-bond donors (Lipinski definition) is 1. The Hall–Kier alpha value is -1.55. The monoisotopic (exact) mass is 294 g/mol. The van der Waals surface area contributed by atoms with Crippen LogP contribution in [0.4, 0.5) is 0 Å². The molecule has 0 aromatic heterocycles. The van der Waals surface area contributed by atoms with Crippen LogP contribution in [-0.4, -0.2) is 18.7 Å². The molecule has 1 amide bonds. The molecule has 1 aromatic rings. The number of ether oxygens (including phenoxy) is 1. The van der Waals surface area contributed by atoms with Crippen LogP contribution in [0.3, 0.4) is 0 Å². The summed E-state index contributed by atoms with van der Waals surface area (Å²) < 4.78 is 5.16. The van der Waals surface area contributed by atoms with Crippen molar-refractivity contribution < 1.29 is 9.53 Å². The molecule has 0 aliphatic heterocycles. The number of rotatable bonds is 3. The van der Waals surface area contributed by atoms with Crippen LogP contribution < -0.4 is 10.2 Å². The minimum atomic E-state index is -0.296. The lowest BCUT2D eigenvalue weighted by atomic mass is 9.89. The lowest BCUT2D eigenvalue weighted by Gasteiger charge is -2.19. The van der Waals surface area contributed by atoms with Crippen LogP contribution in [0.5, 0.6) is 5.75 Å². The van der Waals surface area contributed by atoms with Gasteiger partial charge in [-0.1, -0.05) is 18.5 Å². The van der Waals surface area contributed by atoms with Gasteiger partial charge in [-0.25, -0.2) is 5.43 Å². The molecule has 0 spiro atoms. The van der Waals surface area contributed by atoms with Gasteiger partial charge in [0.1, 0.15) is 5.75 Å². The lowest BCUT2D eigenvalue weighted by molar-refractivity contribution is 0.0951. The molecule has 1 atom stereocenters. The van der Waals surface area contributed by atoms with Crippen LogP contribution in [0.15, 0.2) is 23.3 Å². The number of nitrogens with one attached hydrogen (secondary N) is 1. The largest absolute Gasteiger partial charge is 0.496 e. The Kier molecular flexibility index (Phi) is 5.01. The van der Waals surface area contributed by atoms with Gasteiger partial charge in [-0.3, -0.25) is 4.79 Å². The molecular formula is C15H19ClN2O2. The summed E-state index contributed by atoms with van der Waals surface area (Å²) in [6.45, 7) is 2.20. The Labute approximate surface area is 124 Å². The van der Waals surface area contributed by atoms with E-state index in [0.29, 0.717) is 22.3 Å². The van der Waals surface area contributed by atoms with Gasteiger partial charge in [0.2, 0.25) is 0 Å². The number of carbonyl (C=O) groups excluding carboxylic acids is 1. The fourth-order valence-electron chi connectivity index (χ4n) is 2.41. The molecule has 1 unspecified atom stereocenters. The highest BCUT2D eigenvalue weighted by molar-refractivity contribution is 6.31. The van der Waals surface area contributed by atoms with E-state index < -0.39 is 0 Å². The SMILES string of the molecule is COc1ccc(Cl)cc1C(=O)N/N=C1\CCCC(C)C1. The lowest BCUT2D eigenvalue weighted by Crippen LogP contribution is -2.22.